The van der Waals surface area contributed by atoms with Crippen LogP contribution in [0.1, 0.15) is 17.3 Å². The average molecular weight is 543 g/mol. The van der Waals surface area contributed by atoms with Crippen LogP contribution in [0.4, 0.5) is 4.79 Å². The van der Waals surface area contributed by atoms with Gasteiger partial charge >= 0.3 is 6.09 Å². The zero-order chi connectivity index (χ0) is 26.6. The number of methoxy groups -OCH3 is 1. The Bertz CT molecular complexity index is 1530. The van der Waals surface area contributed by atoms with Crippen LogP contribution in [0.5, 0.6) is 5.75 Å². The summed E-state index contributed by atoms with van der Waals surface area (Å²) in [5.74, 6) is 2.68. The fraction of sp³-hybridized carbons (Fsp3) is 0.320. The Labute approximate surface area is 218 Å². The number of carbonyl (C=O) groups excluding carboxylic acids is 2. The largest absolute Gasteiger partial charge is 0.495 e. The number of benzene rings is 2. The van der Waals surface area contributed by atoms with E-state index in [2.05, 4.69) is 10.9 Å². The predicted octanol–water partition coefficient (Wildman–Crippen LogP) is 2.55. The van der Waals surface area contributed by atoms with Crippen molar-refractivity contribution < 1.29 is 27.5 Å². The van der Waals surface area contributed by atoms with Crippen LogP contribution >= 0.6 is 11.3 Å². The summed E-state index contributed by atoms with van der Waals surface area (Å²) >= 11 is 1.31. The minimum atomic E-state index is -3.79. The van der Waals surface area contributed by atoms with E-state index in [0.717, 1.165) is 10.2 Å². The van der Waals surface area contributed by atoms with Crippen LogP contribution < -0.4 is 9.54 Å². The van der Waals surface area contributed by atoms with Gasteiger partial charge in [-0.25, -0.2) is 13.2 Å². The molecule has 12 heteroatoms. The first-order valence-corrected chi connectivity index (χ1v) is 13.8. The molecule has 0 N–H and O–H groups in total. The van der Waals surface area contributed by atoms with Crippen LogP contribution in [0.25, 0.3) is 10.2 Å². The first-order chi connectivity index (χ1) is 17.8. The average Bonchev–Trinajstić information content (AvgIpc) is 3.26. The molecule has 0 bridgehead atoms. The molecule has 10 nitrogen and oxygen atoms in total. The molecular weight excluding hydrogens is 516 g/mol. The number of fused-ring (bicyclic) bond motifs is 1. The number of terminal acetylenes is 1. The van der Waals surface area contributed by atoms with Crippen molar-refractivity contribution >= 4 is 43.6 Å². The second kappa shape index (κ2) is 11.2. The van der Waals surface area contributed by atoms with E-state index >= 15 is 0 Å². The number of para-hydroxylation sites is 1. The van der Waals surface area contributed by atoms with Gasteiger partial charge in [-0.05, 0) is 43.3 Å². The molecule has 1 aliphatic heterocycles. The molecule has 2 heterocycles. The first-order valence-electron chi connectivity index (χ1n) is 11.5. The Balaban J connectivity index is 1.55. The van der Waals surface area contributed by atoms with Crippen molar-refractivity contribution in [1.29, 1.82) is 0 Å². The molecule has 0 spiro atoms. The number of sulfonamides is 1. The van der Waals surface area contributed by atoms with Gasteiger partial charge in [0.1, 0.15) is 11.3 Å². The van der Waals surface area contributed by atoms with Gasteiger partial charge in [-0.3, -0.25) is 4.79 Å². The lowest BCUT2D eigenvalue weighted by Gasteiger charge is -2.33. The molecule has 0 unspecified atom stereocenters. The van der Waals surface area contributed by atoms with Crippen LogP contribution in [0, 0.1) is 12.3 Å². The maximum absolute atomic E-state index is 13.1. The van der Waals surface area contributed by atoms with E-state index in [9.17, 15) is 18.0 Å². The standard InChI is InChI=1S/C25H26N4O6S2/c1-4-13-29-22-20(34-3)7-6-8-21(22)36-24(29)26-23(30)18-9-11-19(12-10-18)37(32,33)28-16-14-27(15-17-28)25(31)35-5-2/h1,6-12H,5,13-17H2,2-3H3/b26-24-. The molecular formula is C25H26N4O6S2. The number of amides is 2. The van der Waals surface area contributed by atoms with Crippen molar-refractivity contribution in [3.8, 4) is 18.1 Å². The lowest BCUT2D eigenvalue weighted by molar-refractivity contribution is 0.0933. The molecule has 3 aromatic rings. The van der Waals surface area contributed by atoms with Gasteiger partial charge in [0, 0.05) is 31.7 Å². The third kappa shape index (κ3) is 5.39. The van der Waals surface area contributed by atoms with Crippen LogP contribution in [0.3, 0.4) is 0 Å². The minimum Gasteiger partial charge on any atom is -0.495 e. The van der Waals surface area contributed by atoms with Gasteiger partial charge in [-0.1, -0.05) is 23.3 Å². The SMILES string of the molecule is C#CCn1/c(=N/C(=O)c2ccc(S(=O)(=O)N3CCN(C(=O)OCC)CC3)cc2)sc2cccc(OC)c21. The Hall–Kier alpha value is -3.66. The molecule has 0 atom stereocenters. The van der Waals surface area contributed by atoms with E-state index in [4.69, 9.17) is 15.9 Å². The highest BCUT2D eigenvalue weighted by Crippen LogP contribution is 2.27. The molecule has 1 aliphatic rings. The van der Waals surface area contributed by atoms with E-state index in [1.165, 1.54) is 44.8 Å². The van der Waals surface area contributed by atoms with Gasteiger partial charge in [0.05, 0.1) is 29.9 Å². The van der Waals surface area contributed by atoms with E-state index in [-0.39, 0.29) is 49.8 Å². The first kappa shape index (κ1) is 26.4. The summed E-state index contributed by atoms with van der Waals surface area (Å²) in [6.45, 7) is 2.97. The smallest absolute Gasteiger partial charge is 0.409 e. The number of thiazole rings is 1. The van der Waals surface area contributed by atoms with E-state index in [1.807, 2.05) is 18.2 Å². The second-order valence-corrected chi connectivity index (χ2v) is 11.0. The Morgan fingerprint density at radius 3 is 2.43 bits per heavy atom. The lowest BCUT2D eigenvalue weighted by atomic mass is 10.2. The van der Waals surface area contributed by atoms with Crippen molar-refractivity contribution in [2.45, 2.75) is 18.4 Å². The number of piperazine rings is 1. The summed E-state index contributed by atoms with van der Waals surface area (Å²) in [5, 5.41) is 0. The Kier molecular flexibility index (Phi) is 7.97. The molecule has 2 amide bonds. The molecule has 4 rings (SSSR count). The molecule has 0 radical (unpaired) electrons. The maximum Gasteiger partial charge on any atom is 0.409 e. The highest BCUT2D eigenvalue weighted by atomic mass is 32.2. The monoisotopic (exact) mass is 542 g/mol. The number of nitrogens with zero attached hydrogens (tertiary/aromatic N) is 4. The zero-order valence-electron chi connectivity index (χ0n) is 20.4. The van der Waals surface area contributed by atoms with E-state index in [1.54, 1.807) is 18.6 Å². The number of hydrogen-bond acceptors (Lipinski definition) is 7. The van der Waals surface area contributed by atoms with Gasteiger partial charge in [-0.15, -0.1) is 6.42 Å². The summed E-state index contributed by atoms with van der Waals surface area (Å²) in [7, 11) is -2.23. The second-order valence-electron chi connectivity index (χ2n) is 8.01. The highest BCUT2D eigenvalue weighted by molar-refractivity contribution is 7.89. The highest BCUT2D eigenvalue weighted by Gasteiger charge is 2.30. The van der Waals surface area contributed by atoms with E-state index in [0.29, 0.717) is 10.6 Å². The van der Waals surface area contributed by atoms with Gasteiger partial charge in [0.25, 0.3) is 5.91 Å². The number of aromatic nitrogens is 1. The molecule has 1 aromatic heterocycles. The lowest BCUT2D eigenvalue weighted by Crippen LogP contribution is -2.50. The number of rotatable bonds is 6. The summed E-state index contributed by atoms with van der Waals surface area (Å²) < 4.78 is 40.5. The topological polar surface area (TPSA) is 111 Å². The van der Waals surface area contributed by atoms with Crippen molar-refractivity contribution in [3.63, 3.8) is 0 Å². The molecule has 0 aliphatic carbocycles. The number of ether oxygens (including phenoxy) is 2. The van der Waals surface area contributed by atoms with Crippen molar-refractivity contribution in [3.05, 3.63) is 52.8 Å². The number of hydrogen-bond donors (Lipinski definition) is 0. The van der Waals surface area contributed by atoms with E-state index < -0.39 is 22.0 Å². The van der Waals surface area contributed by atoms with Crippen LogP contribution in [-0.2, 0) is 21.3 Å². The van der Waals surface area contributed by atoms with Crippen LogP contribution in [-0.4, -0.2) is 74.1 Å². The van der Waals surface area contributed by atoms with Crippen LogP contribution in [0.15, 0.2) is 52.4 Å². The maximum atomic E-state index is 13.1. The third-order valence-electron chi connectivity index (χ3n) is 5.83. The molecule has 2 aromatic carbocycles. The van der Waals surface area contributed by atoms with Crippen molar-refractivity contribution in [1.82, 2.24) is 13.8 Å². The fourth-order valence-electron chi connectivity index (χ4n) is 3.98. The molecule has 37 heavy (non-hydrogen) atoms. The van der Waals surface area contributed by atoms with Gasteiger partial charge in [-0.2, -0.15) is 9.30 Å². The third-order valence-corrected chi connectivity index (χ3v) is 8.79. The van der Waals surface area contributed by atoms with Crippen LogP contribution in [0.2, 0.25) is 0 Å². The Morgan fingerprint density at radius 2 is 1.81 bits per heavy atom. The molecule has 1 saturated heterocycles. The normalized spacial score (nSPS) is 14.9. The summed E-state index contributed by atoms with van der Waals surface area (Å²) in [4.78, 5) is 31.0. The van der Waals surface area contributed by atoms with Crippen molar-refractivity contribution in [2.75, 3.05) is 39.9 Å². The minimum absolute atomic E-state index is 0.0580. The number of carbonyl (C=O) groups is 2. The summed E-state index contributed by atoms with van der Waals surface area (Å²) in [6.07, 6.45) is 5.10. The summed E-state index contributed by atoms with van der Waals surface area (Å²) in [6, 6.07) is 11.2. The summed E-state index contributed by atoms with van der Waals surface area (Å²) in [5.41, 5.74) is 0.992. The quantitative estimate of drug-likeness (QED) is 0.443. The predicted molar refractivity (Wildman–Crippen MR) is 139 cm³/mol. The fourth-order valence-corrected chi connectivity index (χ4v) is 6.45. The van der Waals surface area contributed by atoms with Gasteiger partial charge in [0.2, 0.25) is 10.0 Å². The van der Waals surface area contributed by atoms with Crippen molar-refractivity contribution in [2.24, 2.45) is 4.99 Å². The van der Waals surface area contributed by atoms with Gasteiger partial charge < -0.3 is 18.9 Å². The Morgan fingerprint density at radius 1 is 1.11 bits per heavy atom. The van der Waals surface area contributed by atoms with Gasteiger partial charge in [0.15, 0.2) is 4.80 Å². The molecule has 194 valence electrons. The molecule has 0 saturated carbocycles. The molecule has 1 fully saturated rings. The zero-order valence-corrected chi connectivity index (χ0v) is 22.0.